The van der Waals surface area contributed by atoms with Gasteiger partial charge in [-0.25, -0.2) is 0 Å². The minimum atomic E-state index is 0. The number of amidine groups is 1. The molecule has 0 aliphatic carbocycles. The summed E-state index contributed by atoms with van der Waals surface area (Å²) >= 11 is 1.70. The molecule has 2 aliphatic rings. The number of hydrogen-bond acceptors (Lipinski definition) is 4. The largest absolute Gasteiger partial charge is 0.398 e. The van der Waals surface area contributed by atoms with E-state index in [-0.39, 0.29) is 24.8 Å². The van der Waals surface area contributed by atoms with Crippen molar-refractivity contribution in [3.63, 3.8) is 0 Å². The summed E-state index contributed by atoms with van der Waals surface area (Å²) in [5.74, 6) is 0. The van der Waals surface area contributed by atoms with E-state index in [9.17, 15) is 0 Å². The average Bonchev–Trinajstić information content (AvgIpc) is 2.59. The van der Waals surface area contributed by atoms with Gasteiger partial charge in [0.05, 0.1) is 10.6 Å². The maximum Gasteiger partial charge on any atom is 0.168 e. The average molecular weight is 278 g/mol. The van der Waals surface area contributed by atoms with E-state index < -0.39 is 0 Å². The first-order chi connectivity index (χ1) is 6.86. The third-order valence-electron chi connectivity index (χ3n) is 2.53. The smallest absolute Gasteiger partial charge is 0.168 e. The van der Waals surface area contributed by atoms with Crippen molar-refractivity contribution in [2.45, 2.75) is 11.3 Å². The van der Waals surface area contributed by atoms with Gasteiger partial charge >= 0.3 is 0 Å². The number of rotatable bonds is 0. The summed E-state index contributed by atoms with van der Waals surface area (Å²) < 4.78 is 0. The van der Waals surface area contributed by atoms with Crippen LogP contribution >= 0.6 is 36.6 Å². The normalized spacial score (nSPS) is 16.5. The number of thioether (sulfide) groups is 1. The molecule has 0 bridgehead atoms. The van der Waals surface area contributed by atoms with Crippen molar-refractivity contribution in [3.05, 3.63) is 18.2 Å². The van der Waals surface area contributed by atoms with Crippen molar-refractivity contribution in [1.29, 1.82) is 0 Å². The van der Waals surface area contributed by atoms with Crippen molar-refractivity contribution in [2.75, 3.05) is 23.7 Å². The summed E-state index contributed by atoms with van der Waals surface area (Å²) in [6.07, 6.45) is 1.14. The highest BCUT2D eigenvalue weighted by atomic mass is 35.5. The standard InChI is InChI=1S/C10H11N3S.2ClH/c11-7-3-1-4-8-9(7)14-10-12-5-2-6-13(8)10;;/h1,3-4H,2,5-6,11H2;2*1H. The summed E-state index contributed by atoms with van der Waals surface area (Å²) in [6, 6.07) is 6.07. The number of nitrogen functional groups attached to an aromatic ring is 1. The Morgan fingerprint density at radius 1 is 1.31 bits per heavy atom. The highest BCUT2D eigenvalue weighted by molar-refractivity contribution is 8.15. The van der Waals surface area contributed by atoms with Gasteiger partial charge in [0.25, 0.3) is 0 Å². The molecule has 2 N–H and O–H groups in total. The molecule has 0 unspecified atom stereocenters. The zero-order valence-corrected chi connectivity index (χ0v) is 11.0. The molecule has 1 aromatic carbocycles. The number of halogens is 2. The molecule has 2 aliphatic heterocycles. The zero-order valence-electron chi connectivity index (χ0n) is 8.55. The minimum Gasteiger partial charge on any atom is -0.398 e. The lowest BCUT2D eigenvalue weighted by atomic mass is 10.2. The first kappa shape index (κ1) is 13.5. The van der Waals surface area contributed by atoms with Crippen LogP contribution in [-0.2, 0) is 0 Å². The van der Waals surface area contributed by atoms with Gasteiger partial charge in [-0.05, 0) is 30.3 Å². The van der Waals surface area contributed by atoms with E-state index in [1.807, 2.05) is 12.1 Å². The van der Waals surface area contributed by atoms with Crippen molar-refractivity contribution in [3.8, 4) is 0 Å². The Balaban J connectivity index is 0.000000640. The van der Waals surface area contributed by atoms with Gasteiger partial charge in [-0.3, -0.25) is 4.99 Å². The molecule has 0 saturated heterocycles. The lowest BCUT2D eigenvalue weighted by Gasteiger charge is -2.22. The number of nitrogens with zero attached hydrogens (tertiary/aromatic N) is 2. The molecule has 2 heterocycles. The molecule has 3 nitrogen and oxygen atoms in total. The van der Waals surface area contributed by atoms with Crippen LogP contribution in [-0.4, -0.2) is 18.3 Å². The Kier molecular flexibility index (Phi) is 4.35. The third-order valence-corrected chi connectivity index (χ3v) is 3.71. The van der Waals surface area contributed by atoms with Gasteiger partial charge in [-0.1, -0.05) is 6.07 Å². The molecule has 1 aromatic rings. The summed E-state index contributed by atoms with van der Waals surface area (Å²) in [4.78, 5) is 7.94. The monoisotopic (exact) mass is 277 g/mol. The number of nitrogens with two attached hydrogens (primary N) is 1. The lowest BCUT2D eigenvalue weighted by molar-refractivity contribution is 0.798. The van der Waals surface area contributed by atoms with E-state index in [4.69, 9.17) is 5.73 Å². The molecule has 0 atom stereocenters. The summed E-state index contributed by atoms with van der Waals surface area (Å²) in [7, 11) is 0. The van der Waals surface area contributed by atoms with Gasteiger partial charge in [0.15, 0.2) is 5.17 Å². The maximum absolute atomic E-state index is 5.92. The quantitative estimate of drug-likeness (QED) is 0.742. The van der Waals surface area contributed by atoms with E-state index in [0.717, 1.165) is 30.4 Å². The van der Waals surface area contributed by atoms with Crippen LogP contribution in [0.1, 0.15) is 6.42 Å². The first-order valence-electron chi connectivity index (χ1n) is 4.74. The second kappa shape index (κ2) is 5.17. The van der Waals surface area contributed by atoms with Crippen molar-refractivity contribution in [2.24, 2.45) is 4.99 Å². The second-order valence-electron chi connectivity index (χ2n) is 3.47. The Morgan fingerprint density at radius 2 is 2.12 bits per heavy atom. The van der Waals surface area contributed by atoms with Crippen LogP contribution < -0.4 is 10.6 Å². The van der Waals surface area contributed by atoms with E-state index in [1.165, 1.54) is 10.6 Å². The third kappa shape index (κ3) is 1.97. The Bertz CT molecular complexity index is 423. The number of anilines is 2. The number of aliphatic imine (C=N–C) groups is 1. The fourth-order valence-electron chi connectivity index (χ4n) is 1.85. The second-order valence-corrected chi connectivity index (χ2v) is 4.44. The number of benzene rings is 1. The van der Waals surface area contributed by atoms with Crippen LogP contribution in [0.25, 0.3) is 0 Å². The summed E-state index contributed by atoms with van der Waals surface area (Å²) in [5, 5.41) is 1.11. The van der Waals surface area contributed by atoms with Crippen LogP contribution in [0, 0.1) is 0 Å². The predicted molar refractivity (Wildman–Crippen MR) is 75.5 cm³/mol. The molecular formula is C10H13Cl2N3S. The molecule has 0 amide bonds. The van der Waals surface area contributed by atoms with E-state index in [2.05, 4.69) is 16.0 Å². The van der Waals surface area contributed by atoms with E-state index >= 15 is 0 Å². The highest BCUT2D eigenvalue weighted by Crippen LogP contribution is 2.44. The van der Waals surface area contributed by atoms with Crippen molar-refractivity contribution >= 4 is 53.1 Å². The topological polar surface area (TPSA) is 41.6 Å². The molecule has 88 valence electrons. The highest BCUT2D eigenvalue weighted by Gasteiger charge is 2.29. The molecule has 0 spiro atoms. The zero-order chi connectivity index (χ0) is 9.54. The maximum atomic E-state index is 5.92. The number of fused-ring (bicyclic) bond motifs is 3. The first-order valence-corrected chi connectivity index (χ1v) is 5.56. The molecule has 0 saturated carbocycles. The fourth-order valence-corrected chi connectivity index (χ4v) is 2.96. The van der Waals surface area contributed by atoms with Crippen molar-refractivity contribution < 1.29 is 0 Å². The molecular weight excluding hydrogens is 265 g/mol. The van der Waals surface area contributed by atoms with Crippen LogP contribution in [0.2, 0.25) is 0 Å². The Morgan fingerprint density at radius 3 is 2.94 bits per heavy atom. The Labute approximate surface area is 111 Å². The van der Waals surface area contributed by atoms with Crippen molar-refractivity contribution in [1.82, 2.24) is 0 Å². The summed E-state index contributed by atoms with van der Waals surface area (Å²) in [5.41, 5.74) is 8.02. The van der Waals surface area contributed by atoms with Crippen LogP contribution in [0.5, 0.6) is 0 Å². The van der Waals surface area contributed by atoms with Gasteiger partial charge < -0.3 is 10.6 Å². The molecule has 0 aromatic heterocycles. The van der Waals surface area contributed by atoms with Gasteiger partial charge in [-0.15, -0.1) is 24.8 Å². The van der Waals surface area contributed by atoms with Crippen LogP contribution in [0.15, 0.2) is 28.1 Å². The molecule has 3 rings (SSSR count). The predicted octanol–water partition coefficient (Wildman–Crippen LogP) is 2.78. The molecule has 0 radical (unpaired) electrons. The van der Waals surface area contributed by atoms with Gasteiger partial charge in [0, 0.05) is 18.8 Å². The fraction of sp³-hybridized carbons (Fsp3) is 0.300. The lowest BCUT2D eigenvalue weighted by Crippen LogP contribution is -2.30. The SMILES string of the molecule is Cl.Cl.Nc1cccc2c1SC1=NCCCN12. The van der Waals surface area contributed by atoms with E-state index in [1.54, 1.807) is 11.8 Å². The molecule has 6 heteroatoms. The molecule has 16 heavy (non-hydrogen) atoms. The van der Waals surface area contributed by atoms with E-state index in [0.29, 0.717) is 0 Å². The van der Waals surface area contributed by atoms with Gasteiger partial charge in [-0.2, -0.15) is 0 Å². The van der Waals surface area contributed by atoms with Crippen LogP contribution in [0.4, 0.5) is 11.4 Å². The van der Waals surface area contributed by atoms with Gasteiger partial charge in [0.1, 0.15) is 0 Å². The Hall–Kier alpha value is -0.580. The minimum absolute atomic E-state index is 0. The van der Waals surface area contributed by atoms with Gasteiger partial charge in [0.2, 0.25) is 0 Å². The number of hydrogen-bond donors (Lipinski definition) is 1. The van der Waals surface area contributed by atoms with Crippen LogP contribution in [0.3, 0.4) is 0 Å². The summed E-state index contributed by atoms with van der Waals surface area (Å²) in [6.45, 7) is 2.02. The molecule has 0 fully saturated rings.